The zero-order valence-electron chi connectivity index (χ0n) is 15.4. The van der Waals surface area contributed by atoms with E-state index in [0.717, 1.165) is 0 Å². The van der Waals surface area contributed by atoms with E-state index in [9.17, 15) is 9.59 Å². The summed E-state index contributed by atoms with van der Waals surface area (Å²) >= 11 is 0. The molecule has 0 atom stereocenters. The number of aliphatic carboxylic acids is 1. The number of carbonyl (C=O) groups is 2. The van der Waals surface area contributed by atoms with Crippen LogP contribution in [0.3, 0.4) is 0 Å². The fraction of sp³-hybridized carbons (Fsp3) is 0.263. The number of aromatic nitrogens is 4. The Morgan fingerprint density at radius 2 is 1.83 bits per heavy atom. The quantitative estimate of drug-likeness (QED) is 0.493. The largest absolute Gasteiger partial charge is 0.494 e. The van der Waals surface area contributed by atoms with E-state index in [2.05, 4.69) is 25.4 Å². The summed E-state index contributed by atoms with van der Waals surface area (Å²) in [6.45, 7) is 0.318. The predicted molar refractivity (Wildman–Crippen MR) is 101 cm³/mol. The van der Waals surface area contributed by atoms with Gasteiger partial charge in [-0.25, -0.2) is 9.97 Å². The van der Waals surface area contributed by atoms with Crippen molar-refractivity contribution in [3.8, 4) is 17.4 Å². The Morgan fingerprint density at radius 3 is 2.55 bits per heavy atom. The molecular formula is C19H19N5O5. The second-order valence-corrected chi connectivity index (χ2v) is 6.00. The fourth-order valence-electron chi connectivity index (χ4n) is 2.35. The Bertz CT molecular complexity index is 943. The highest BCUT2D eigenvalue weighted by atomic mass is 16.5. The van der Waals surface area contributed by atoms with E-state index < -0.39 is 5.97 Å². The predicted octanol–water partition coefficient (Wildman–Crippen LogP) is 2.34. The van der Waals surface area contributed by atoms with Gasteiger partial charge in [0.15, 0.2) is 0 Å². The highest BCUT2D eigenvalue weighted by Gasteiger charge is 2.12. The number of hydrogen-bond acceptors (Lipinski definition) is 8. The van der Waals surface area contributed by atoms with Crippen LogP contribution in [0.2, 0.25) is 0 Å². The van der Waals surface area contributed by atoms with Crippen molar-refractivity contribution >= 4 is 17.6 Å². The van der Waals surface area contributed by atoms with Gasteiger partial charge in [0.25, 0.3) is 0 Å². The zero-order chi connectivity index (χ0) is 20.5. The van der Waals surface area contributed by atoms with E-state index in [1.807, 2.05) is 0 Å². The summed E-state index contributed by atoms with van der Waals surface area (Å²) < 4.78 is 10.6. The van der Waals surface area contributed by atoms with Gasteiger partial charge in [-0.15, -0.1) is 0 Å². The minimum absolute atomic E-state index is 0.0635. The number of rotatable bonds is 10. The van der Waals surface area contributed by atoms with Crippen molar-refractivity contribution < 1.29 is 24.0 Å². The maximum Gasteiger partial charge on any atom is 0.303 e. The van der Waals surface area contributed by atoms with Crippen molar-refractivity contribution in [1.29, 1.82) is 0 Å². The van der Waals surface area contributed by atoms with Gasteiger partial charge in [0.2, 0.25) is 23.4 Å². The number of nitrogens with one attached hydrogen (secondary N) is 1. The van der Waals surface area contributed by atoms with E-state index in [4.69, 9.17) is 14.4 Å². The molecule has 10 nitrogen and oxygen atoms in total. The molecule has 0 saturated heterocycles. The molecule has 3 aromatic rings. The van der Waals surface area contributed by atoms with E-state index in [1.165, 1.54) is 0 Å². The second-order valence-electron chi connectivity index (χ2n) is 6.00. The minimum atomic E-state index is -0.850. The average molecular weight is 397 g/mol. The Morgan fingerprint density at radius 1 is 1.07 bits per heavy atom. The van der Waals surface area contributed by atoms with Crippen LogP contribution in [0, 0.1) is 0 Å². The first kappa shape index (κ1) is 19.9. The van der Waals surface area contributed by atoms with Gasteiger partial charge >= 0.3 is 5.97 Å². The van der Waals surface area contributed by atoms with E-state index in [1.54, 1.807) is 42.7 Å². The topological polar surface area (TPSA) is 140 Å². The van der Waals surface area contributed by atoms with Crippen LogP contribution in [0.5, 0.6) is 5.75 Å². The van der Waals surface area contributed by atoms with Gasteiger partial charge in [0.05, 0.1) is 6.61 Å². The van der Waals surface area contributed by atoms with Gasteiger partial charge in [0, 0.05) is 37.3 Å². The van der Waals surface area contributed by atoms with E-state index in [-0.39, 0.29) is 31.0 Å². The number of anilines is 1. The Labute approximate surface area is 166 Å². The number of carbonyl (C=O) groups excluding carboxylic acids is 1. The summed E-state index contributed by atoms with van der Waals surface area (Å²) in [5.41, 5.74) is 0.622. The standard InChI is InChI=1S/C19H19N5O5/c25-15(8-9-16-23-19(24-29-16)18-20-10-2-11-21-18)22-13-4-6-14(7-5-13)28-12-1-3-17(26)27/h2,4-7,10-11H,1,3,8-9,12H2,(H,22,25)(H,26,27). The van der Waals surface area contributed by atoms with Crippen molar-refractivity contribution in [3.05, 3.63) is 48.6 Å². The van der Waals surface area contributed by atoms with Crippen molar-refractivity contribution in [3.63, 3.8) is 0 Å². The summed E-state index contributed by atoms with van der Waals surface area (Å²) in [4.78, 5) is 34.8. The van der Waals surface area contributed by atoms with E-state index >= 15 is 0 Å². The Hall–Kier alpha value is -3.82. The first-order valence-electron chi connectivity index (χ1n) is 8.94. The molecule has 0 aliphatic carbocycles. The van der Waals surface area contributed by atoms with Crippen molar-refractivity contribution in [2.45, 2.75) is 25.7 Å². The molecule has 0 bridgehead atoms. The summed E-state index contributed by atoms with van der Waals surface area (Å²) in [7, 11) is 0. The molecule has 0 aliphatic rings. The van der Waals surface area contributed by atoms with Crippen LogP contribution in [0.4, 0.5) is 5.69 Å². The van der Waals surface area contributed by atoms with Crippen LogP contribution in [0.25, 0.3) is 11.6 Å². The van der Waals surface area contributed by atoms with Crippen LogP contribution in [0.15, 0.2) is 47.2 Å². The SMILES string of the molecule is O=C(O)CCCOc1ccc(NC(=O)CCc2nc(-c3ncccn3)no2)cc1. The third-order valence-corrected chi connectivity index (χ3v) is 3.74. The summed E-state index contributed by atoms with van der Waals surface area (Å²) in [5.74, 6) is 0.521. The number of ether oxygens (including phenoxy) is 1. The molecule has 2 N–H and O–H groups in total. The number of carboxylic acid groups (broad SMARTS) is 1. The first-order valence-corrected chi connectivity index (χ1v) is 8.94. The van der Waals surface area contributed by atoms with Crippen molar-refractivity contribution in [1.82, 2.24) is 20.1 Å². The molecular weight excluding hydrogens is 378 g/mol. The molecule has 2 heterocycles. The summed E-state index contributed by atoms with van der Waals surface area (Å²) in [6, 6.07) is 8.53. The van der Waals surface area contributed by atoms with Crippen molar-refractivity contribution in [2.75, 3.05) is 11.9 Å². The maximum atomic E-state index is 12.1. The molecule has 0 fully saturated rings. The normalized spacial score (nSPS) is 10.5. The second kappa shape index (κ2) is 9.93. The van der Waals surface area contributed by atoms with Crippen molar-refractivity contribution in [2.24, 2.45) is 0 Å². The molecule has 0 aliphatic heterocycles. The molecule has 2 aromatic heterocycles. The molecule has 0 spiro atoms. The van der Waals surface area contributed by atoms with Crippen LogP contribution >= 0.6 is 0 Å². The molecule has 150 valence electrons. The van der Waals surface area contributed by atoms with Gasteiger partial charge < -0.3 is 19.7 Å². The molecule has 3 rings (SSSR count). The lowest BCUT2D eigenvalue weighted by atomic mass is 10.2. The van der Waals surface area contributed by atoms with Gasteiger partial charge in [-0.3, -0.25) is 9.59 Å². The highest BCUT2D eigenvalue weighted by molar-refractivity contribution is 5.90. The van der Waals surface area contributed by atoms with Crippen LogP contribution in [-0.4, -0.2) is 43.7 Å². The Balaban J connectivity index is 1.42. The van der Waals surface area contributed by atoms with Gasteiger partial charge in [0.1, 0.15) is 5.75 Å². The number of amides is 1. The van der Waals surface area contributed by atoms with Crippen LogP contribution < -0.4 is 10.1 Å². The summed E-state index contributed by atoms with van der Waals surface area (Å²) in [5, 5.41) is 15.2. The molecule has 0 saturated carbocycles. The number of carboxylic acids is 1. The molecule has 1 amide bonds. The van der Waals surface area contributed by atoms with Crippen LogP contribution in [0.1, 0.15) is 25.2 Å². The highest BCUT2D eigenvalue weighted by Crippen LogP contribution is 2.17. The minimum Gasteiger partial charge on any atom is -0.494 e. The monoisotopic (exact) mass is 397 g/mol. The molecule has 29 heavy (non-hydrogen) atoms. The third kappa shape index (κ3) is 6.38. The van der Waals surface area contributed by atoms with Gasteiger partial charge in [-0.1, -0.05) is 5.16 Å². The first-order chi connectivity index (χ1) is 14.1. The lowest BCUT2D eigenvalue weighted by Crippen LogP contribution is -2.12. The van der Waals surface area contributed by atoms with Gasteiger partial charge in [-0.2, -0.15) is 4.98 Å². The van der Waals surface area contributed by atoms with Gasteiger partial charge in [-0.05, 0) is 36.8 Å². The number of aryl methyl sites for hydroxylation is 1. The van der Waals surface area contributed by atoms with E-state index in [0.29, 0.717) is 36.2 Å². The number of benzene rings is 1. The number of nitrogens with zero attached hydrogens (tertiary/aromatic N) is 4. The molecule has 0 radical (unpaired) electrons. The molecule has 0 unspecified atom stereocenters. The lowest BCUT2D eigenvalue weighted by Gasteiger charge is -2.07. The zero-order valence-corrected chi connectivity index (χ0v) is 15.4. The third-order valence-electron chi connectivity index (χ3n) is 3.74. The fourth-order valence-corrected chi connectivity index (χ4v) is 2.35. The summed E-state index contributed by atoms with van der Waals surface area (Å²) in [6.07, 6.45) is 4.12. The molecule has 10 heteroatoms. The smallest absolute Gasteiger partial charge is 0.303 e. The Kier molecular flexibility index (Phi) is 6.82. The molecule has 1 aromatic carbocycles. The maximum absolute atomic E-state index is 12.1. The lowest BCUT2D eigenvalue weighted by molar-refractivity contribution is -0.137. The number of hydrogen-bond donors (Lipinski definition) is 2. The van der Waals surface area contributed by atoms with Crippen LogP contribution in [-0.2, 0) is 16.0 Å². The average Bonchev–Trinajstić information content (AvgIpc) is 3.21.